The van der Waals surface area contributed by atoms with Crippen molar-refractivity contribution in [1.82, 2.24) is 5.32 Å². The molecule has 0 aromatic carbocycles. The normalized spacial score (nSPS) is 26.1. The minimum atomic E-state index is -0.0740. The van der Waals surface area contributed by atoms with Gasteiger partial charge < -0.3 is 19.9 Å². The van der Waals surface area contributed by atoms with Crippen LogP contribution in [0, 0.1) is 0 Å². The summed E-state index contributed by atoms with van der Waals surface area (Å²) in [4.78, 5) is 0. The number of hydrogen-bond acceptors (Lipinski definition) is 4. The van der Waals surface area contributed by atoms with Crippen molar-refractivity contribution in [2.45, 2.75) is 31.4 Å². The first-order valence-electron chi connectivity index (χ1n) is 5.31. The van der Waals surface area contributed by atoms with Gasteiger partial charge in [0, 0.05) is 32.9 Å². The van der Waals surface area contributed by atoms with E-state index in [1.807, 2.05) is 0 Å². The summed E-state index contributed by atoms with van der Waals surface area (Å²) < 4.78 is 10.3. The Balaban J connectivity index is 1.72. The number of nitrogens with one attached hydrogen (secondary N) is 1. The molecule has 84 valence electrons. The van der Waals surface area contributed by atoms with Gasteiger partial charge in [-0.25, -0.2) is 0 Å². The molecule has 0 bridgehead atoms. The van der Waals surface area contributed by atoms with Crippen molar-refractivity contribution in [3.63, 3.8) is 0 Å². The standard InChI is InChI=1S/C10H21NO3/c1-13-4-2-5-14-6-3-11-9-7-10(12)8-9/h9-12H,2-8H2,1H3. The number of aliphatic hydroxyl groups is 1. The predicted molar refractivity (Wildman–Crippen MR) is 54.3 cm³/mol. The zero-order valence-corrected chi connectivity index (χ0v) is 8.87. The van der Waals surface area contributed by atoms with Crippen LogP contribution in [0.4, 0.5) is 0 Å². The van der Waals surface area contributed by atoms with Crippen molar-refractivity contribution < 1.29 is 14.6 Å². The largest absolute Gasteiger partial charge is 0.393 e. The van der Waals surface area contributed by atoms with Crippen LogP contribution in [0.5, 0.6) is 0 Å². The summed E-state index contributed by atoms with van der Waals surface area (Å²) in [5, 5.41) is 12.4. The molecule has 0 heterocycles. The molecule has 4 nitrogen and oxygen atoms in total. The Morgan fingerprint density at radius 2 is 2.07 bits per heavy atom. The smallest absolute Gasteiger partial charge is 0.0591 e. The summed E-state index contributed by atoms with van der Waals surface area (Å²) in [6, 6.07) is 0.507. The Morgan fingerprint density at radius 1 is 1.29 bits per heavy atom. The molecule has 1 fully saturated rings. The minimum Gasteiger partial charge on any atom is -0.393 e. The molecule has 0 amide bonds. The summed E-state index contributed by atoms with van der Waals surface area (Å²) in [5.41, 5.74) is 0. The number of aliphatic hydroxyl groups excluding tert-OH is 1. The molecule has 1 rings (SSSR count). The lowest BCUT2D eigenvalue weighted by molar-refractivity contribution is 0.0546. The maximum absolute atomic E-state index is 9.03. The highest BCUT2D eigenvalue weighted by Gasteiger charge is 2.25. The van der Waals surface area contributed by atoms with E-state index in [-0.39, 0.29) is 6.10 Å². The molecule has 0 aromatic heterocycles. The van der Waals surface area contributed by atoms with E-state index >= 15 is 0 Å². The Bertz CT molecular complexity index is 137. The fourth-order valence-electron chi connectivity index (χ4n) is 1.50. The fraction of sp³-hybridized carbons (Fsp3) is 1.00. The van der Waals surface area contributed by atoms with E-state index in [1.165, 1.54) is 0 Å². The van der Waals surface area contributed by atoms with E-state index in [0.29, 0.717) is 6.04 Å². The zero-order valence-electron chi connectivity index (χ0n) is 8.87. The molecular weight excluding hydrogens is 182 g/mol. The first-order valence-corrected chi connectivity index (χ1v) is 5.31. The Labute approximate surface area is 85.6 Å². The second kappa shape index (κ2) is 7.17. The molecule has 1 saturated carbocycles. The predicted octanol–water partition coefficient (Wildman–Crippen LogP) is 0.152. The number of rotatable bonds is 8. The number of methoxy groups -OCH3 is 1. The molecule has 0 radical (unpaired) electrons. The summed E-state index contributed by atoms with van der Waals surface area (Å²) in [5.74, 6) is 0. The van der Waals surface area contributed by atoms with Crippen LogP contribution in [0.15, 0.2) is 0 Å². The van der Waals surface area contributed by atoms with Crippen LogP contribution in [0.3, 0.4) is 0 Å². The molecule has 2 N–H and O–H groups in total. The van der Waals surface area contributed by atoms with Gasteiger partial charge in [-0.2, -0.15) is 0 Å². The molecule has 0 unspecified atom stereocenters. The van der Waals surface area contributed by atoms with Gasteiger partial charge in [0.05, 0.1) is 12.7 Å². The van der Waals surface area contributed by atoms with Gasteiger partial charge >= 0.3 is 0 Å². The van der Waals surface area contributed by atoms with E-state index in [9.17, 15) is 0 Å². The van der Waals surface area contributed by atoms with Crippen LogP contribution in [0.25, 0.3) is 0 Å². The Morgan fingerprint density at radius 3 is 2.71 bits per heavy atom. The molecule has 0 atom stereocenters. The lowest BCUT2D eigenvalue weighted by Gasteiger charge is -2.32. The molecule has 0 aromatic rings. The third-order valence-corrected chi connectivity index (χ3v) is 2.43. The molecule has 0 saturated heterocycles. The summed E-state index contributed by atoms with van der Waals surface area (Å²) in [7, 11) is 1.70. The minimum absolute atomic E-state index is 0.0740. The van der Waals surface area contributed by atoms with Crippen LogP contribution >= 0.6 is 0 Å². The van der Waals surface area contributed by atoms with Gasteiger partial charge in [0.2, 0.25) is 0 Å². The third kappa shape index (κ3) is 4.91. The van der Waals surface area contributed by atoms with Gasteiger partial charge in [-0.05, 0) is 19.3 Å². The van der Waals surface area contributed by atoms with Gasteiger partial charge in [0.1, 0.15) is 0 Å². The molecule has 1 aliphatic carbocycles. The maximum Gasteiger partial charge on any atom is 0.0591 e. The van der Waals surface area contributed by atoms with Crippen LogP contribution in [-0.2, 0) is 9.47 Å². The van der Waals surface area contributed by atoms with Crippen LogP contribution in [0.1, 0.15) is 19.3 Å². The van der Waals surface area contributed by atoms with Crippen molar-refractivity contribution in [3.05, 3.63) is 0 Å². The molecule has 1 aliphatic rings. The number of hydrogen-bond donors (Lipinski definition) is 2. The van der Waals surface area contributed by atoms with E-state index in [0.717, 1.165) is 45.6 Å². The van der Waals surface area contributed by atoms with Crippen LogP contribution < -0.4 is 5.32 Å². The van der Waals surface area contributed by atoms with Gasteiger partial charge in [-0.1, -0.05) is 0 Å². The van der Waals surface area contributed by atoms with E-state index in [2.05, 4.69) is 5.32 Å². The Kier molecular flexibility index (Phi) is 6.10. The Hall–Kier alpha value is -0.160. The quantitative estimate of drug-likeness (QED) is 0.551. The van der Waals surface area contributed by atoms with Gasteiger partial charge in [-0.15, -0.1) is 0 Å². The topological polar surface area (TPSA) is 50.7 Å². The first-order chi connectivity index (χ1) is 6.83. The molecule has 0 aliphatic heterocycles. The van der Waals surface area contributed by atoms with E-state index in [4.69, 9.17) is 14.6 Å². The lowest BCUT2D eigenvalue weighted by Crippen LogP contribution is -2.45. The summed E-state index contributed by atoms with van der Waals surface area (Å²) in [6.07, 6.45) is 2.67. The van der Waals surface area contributed by atoms with E-state index < -0.39 is 0 Å². The van der Waals surface area contributed by atoms with E-state index in [1.54, 1.807) is 7.11 Å². The highest BCUT2D eigenvalue weighted by Crippen LogP contribution is 2.18. The average Bonchev–Trinajstić information content (AvgIpc) is 2.13. The fourth-order valence-corrected chi connectivity index (χ4v) is 1.50. The first kappa shape index (κ1) is 11.9. The molecule has 4 heteroatoms. The third-order valence-electron chi connectivity index (χ3n) is 2.43. The van der Waals surface area contributed by atoms with Crippen molar-refractivity contribution in [2.75, 3.05) is 33.5 Å². The molecule has 0 spiro atoms. The van der Waals surface area contributed by atoms with Crippen molar-refractivity contribution in [1.29, 1.82) is 0 Å². The van der Waals surface area contributed by atoms with Crippen LogP contribution in [-0.4, -0.2) is 50.7 Å². The molecule has 14 heavy (non-hydrogen) atoms. The van der Waals surface area contributed by atoms with Gasteiger partial charge in [0.25, 0.3) is 0 Å². The highest BCUT2D eigenvalue weighted by atomic mass is 16.5. The zero-order chi connectivity index (χ0) is 10.2. The second-order valence-corrected chi connectivity index (χ2v) is 3.74. The van der Waals surface area contributed by atoms with Gasteiger partial charge in [0.15, 0.2) is 0 Å². The van der Waals surface area contributed by atoms with Crippen molar-refractivity contribution in [2.24, 2.45) is 0 Å². The number of ether oxygens (including phenoxy) is 2. The summed E-state index contributed by atoms with van der Waals surface area (Å²) in [6.45, 7) is 3.16. The van der Waals surface area contributed by atoms with Crippen LogP contribution in [0.2, 0.25) is 0 Å². The second-order valence-electron chi connectivity index (χ2n) is 3.74. The lowest BCUT2D eigenvalue weighted by atomic mass is 9.90. The monoisotopic (exact) mass is 203 g/mol. The van der Waals surface area contributed by atoms with Crippen molar-refractivity contribution >= 4 is 0 Å². The average molecular weight is 203 g/mol. The van der Waals surface area contributed by atoms with Gasteiger partial charge in [-0.3, -0.25) is 0 Å². The van der Waals surface area contributed by atoms with Crippen molar-refractivity contribution in [3.8, 4) is 0 Å². The SMILES string of the molecule is COCCCOCCNC1CC(O)C1. The molecular formula is C10H21NO3. The highest BCUT2D eigenvalue weighted by molar-refractivity contribution is 4.84. The maximum atomic E-state index is 9.03. The summed E-state index contributed by atoms with van der Waals surface area (Å²) >= 11 is 0.